The molecule has 2 aromatic heterocycles. The van der Waals surface area contributed by atoms with Gasteiger partial charge >= 0.3 is 0 Å². The minimum Gasteiger partial charge on any atom is -0.484 e. The van der Waals surface area contributed by atoms with E-state index in [0.29, 0.717) is 12.3 Å². The maximum atomic E-state index is 14.1. The number of pyridine rings is 1. The Morgan fingerprint density at radius 1 is 0.975 bits per heavy atom. The Kier molecular flexibility index (Phi) is 8.00. The molecule has 9 heteroatoms. The molecule has 0 spiro atoms. The molecule has 2 fully saturated rings. The van der Waals surface area contributed by atoms with Crippen molar-refractivity contribution in [2.45, 2.75) is 57.8 Å². The van der Waals surface area contributed by atoms with Gasteiger partial charge in [-0.25, -0.2) is 9.37 Å². The quantitative estimate of drug-likeness (QED) is 0.280. The zero-order chi connectivity index (χ0) is 27.3. The van der Waals surface area contributed by atoms with Crippen LogP contribution in [-0.4, -0.2) is 51.3 Å². The van der Waals surface area contributed by atoms with E-state index in [4.69, 9.17) is 24.5 Å². The summed E-state index contributed by atoms with van der Waals surface area (Å²) in [5.41, 5.74) is 3.98. The van der Waals surface area contributed by atoms with Crippen LogP contribution >= 0.6 is 0 Å². The van der Waals surface area contributed by atoms with Crippen molar-refractivity contribution in [3.63, 3.8) is 0 Å². The van der Waals surface area contributed by atoms with E-state index in [2.05, 4.69) is 32.7 Å². The van der Waals surface area contributed by atoms with E-state index in [-0.39, 0.29) is 30.1 Å². The molecule has 2 aromatic carbocycles. The van der Waals surface area contributed by atoms with Crippen molar-refractivity contribution in [3.8, 4) is 11.8 Å². The van der Waals surface area contributed by atoms with Gasteiger partial charge in [-0.3, -0.25) is 9.88 Å². The Morgan fingerprint density at radius 2 is 1.77 bits per heavy atom. The fourth-order valence-electron chi connectivity index (χ4n) is 5.25. The third-order valence-corrected chi connectivity index (χ3v) is 7.58. The van der Waals surface area contributed by atoms with Crippen LogP contribution in [0.5, 0.6) is 5.75 Å². The first-order valence-electron chi connectivity index (χ1n) is 13.8. The monoisotopic (exact) mass is 541 g/mol. The van der Waals surface area contributed by atoms with Gasteiger partial charge in [0, 0.05) is 19.7 Å². The summed E-state index contributed by atoms with van der Waals surface area (Å²) in [5, 5.41) is 8.89. The standard InChI is InChI=1S/C31H32FN5O3/c32-27-16-22(17-33)8-9-30(27)40-21-24-5-3-4-23(34-24)20-39-25-10-13-36(14-11-25)19-31-35-28-6-1-2-7-29(28)37(31)18-26-12-15-38-26/h1-9,16,25-26H,10-15,18-21H2/t26-/m0/s1. The molecule has 0 radical (unpaired) electrons. The lowest BCUT2D eigenvalue weighted by molar-refractivity contribution is -0.0593. The van der Waals surface area contributed by atoms with Crippen LogP contribution in [0.25, 0.3) is 11.0 Å². The third kappa shape index (κ3) is 6.15. The molecule has 0 N–H and O–H groups in total. The van der Waals surface area contributed by atoms with Crippen LogP contribution in [0.3, 0.4) is 0 Å². The number of ether oxygens (including phenoxy) is 3. The molecule has 2 aliphatic rings. The van der Waals surface area contributed by atoms with E-state index in [0.717, 1.165) is 69.1 Å². The number of imidazole rings is 1. The minimum atomic E-state index is -0.561. The highest BCUT2D eigenvalue weighted by molar-refractivity contribution is 5.75. The van der Waals surface area contributed by atoms with Crippen LogP contribution in [0.2, 0.25) is 0 Å². The van der Waals surface area contributed by atoms with E-state index >= 15 is 0 Å². The number of aromatic nitrogens is 3. The minimum absolute atomic E-state index is 0.0983. The zero-order valence-corrected chi connectivity index (χ0v) is 22.3. The van der Waals surface area contributed by atoms with Gasteiger partial charge in [-0.15, -0.1) is 0 Å². The zero-order valence-electron chi connectivity index (χ0n) is 22.3. The molecule has 0 unspecified atom stereocenters. The first-order chi connectivity index (χ1) is 19.6. The average molecular weight is 542 g/mol. The first-order valence-corrected chi connectivity index (χ1v) is 13.8. The van der Waals surface area contributed by atoms with Crippen molar-refractivity contribution >= 4 is 11.0 Å². The largest absolute Gasteiger partial charge is 0.484 e. The molecule has 4 heterocycles. The van der Waals surface area contributed by atoms with Gasteiger partial charge in [0.25, 0.3) is 0 Å². The van der Waals surface area contributed by atoms with Crippen molar-refractivity contribution < 1.29 is 18.6 Å². The summed E-state index contributed by atoms with van der Waals surface area (Å²) in [4.78, 5) is 12.0. The maximum Gasteiger partial charge on any atom is 0.166 e. The molecule has 8 nitrogen and oxygen atoms in total. The van der Waals surface area contributed by atoms with Gasteiger partial charge < -0.3 is 18.8 Å². The fraction of sp³-hybridized carbons (Fsp3) is 0.387. The molecule has 0 aliphatic carbocycles. The highest BCUT2D eigenvalue weighted by Crippen LogP contribution is 2.24. The van der Waals surface area contributed by atoms with Crippen LogP contribution < -0.4 is 4.74 Å². The number of halogens is 1. The molecule has 6 rings (SSSR count). The average Bonchev–Trinajstić information content (AvgIpc) is 3.30. The number of benzene rings is 2. The summed E-state index contributed by atoms with van der Waals surface area (Å²) < 4.78 is 34.0. The van der Waals surface area contributed by atoms with Gasteiger partial charge in [0.1, 0.15) is 12.4 Å². The van der Waals surface area contributed by atoms with E-state index in [9.17, 15) is 4.39 Å². The van der Waals surface area contributed by atoms with Crippen molar-refractivity contribution in [2.24, 2.45) is 0 Å². The topological polar surface area (TPSA) is 85.4 Å². The van der Waals surface area contributed by atoms with Gasteiger partial charge in [0.15, 0.2) is 11.6 Å². The Hall–Kier alpha value is -3.84. The number of para-hydroxylation sites is 2. The summed E-state index contributed by atoms with van der Waals surface area (Å²) in [5.74, 6) is 0.635. The molecule has 0 saturated carbocycles. The number of hydrogen-bond acceptors (Lipinski definition) is 7. The summed E-state index contributed by atoms with van der Waals surface area (Å²) in [6.07, 6.45) is 3.47. The van der Waals surface area contributed by atoms with Crippen molar-refractivity contribution in [1.29, 1.82) is 5.26 Å². The molecule has 1 atom stereocenters. The molecule has 2 saturated heterocycles. The van der Waals surface area contributed by atoms with Crippen molar-refractivity contribution in [2.75, 3.05) is 19.7 Å². The molecular weight excluding hydrogens is 509 g/mol. The molecule has 40 heavy (non-hydrogen) atoms. The van der Waals surface area contributed by atoms with Crippen LogP contribution in [-0.2, 0) is 35.8 Å². The van der Waals surface area contributed by atoms with E-state index in [1.165, 1.54) is 23.7 Å². The van der Waals surface area contributed by atoms with Gasteiger partial charge in [-0.05, 0) is 61.7 Å². The Morgan fingerprint density at radius 3 is 2.52 bits per heavy atom. The molecule has 2 aliphatic heterocycles. The van der Waals surface area contributed by atoms with Crippen LogP contribution in [0.15, 0.2) is 60.7 Å². The Bertz CT molecular complexity index is 1500. The summed E-state index contributed by atoms with van der Waals surface area (Å²) >= 11 is 0. The molecule has 4 aromatic rings. The lowest BCUT2D eigenvalue weighted by Gasteiger charge is -2.32. The smallest absolute Gasteiger partial charge is 0.166 e. The lowest BCUT2D eigenvalue weighted by Crippen LogP contribution is -2.38. The molecule has 0 bridgehead atoms. The summed E-state index contributed by atoms with van der Waals surface area (Å²) in [6, 6.07) is 20.1. The number of nitriles is 1. The fourth-order valence-corrected chi connectivity index (χ4v) is 5.25. The van der Waals surface area contributed by atoms with Crippen LogP contribution in [0.1, 0.15) is 42.0 Å². The van der Waals surface area contributed by atoms with E-state index < -0.39 is 5.82 Å². The van der Waals surface area contributed by atoms with E-state index in [1.807, 2.05) is 30.3 Å². The number of nitrogens with zero attached hydrogens (tertiary/aromatic N) is 5. The van der Waals surface area contributed by atoms with Gasteiger partial charge in [-0.1, -0.05) is 18.2 Å². The SMILES string of the molecule is N#Cc1ccc(OCc2cccc(COC3CCN(Cc4nc5ccccc5n4C[C@@H]4CCO4)CC3)n2)c(F)c1. The lowest BCUT2D eigenvalue weighted by atomic mass is 10.1. The van der Waals surface area contributed by atoms with Crippen molar-refractivity contribution in [1.82, 2.24) is 19.4 Å². The van der Waals surface area contributed by atoms with Crippen LogP contribution in [0, 0.1) is 17.1 Å². The third-order valence-electron chi connectivity index (χ3n) is 7.58. The predicted octanol–water partition coefficient (Wildman–Crippen LogP) is 4.99. The van der Waals surface area contributed by atoms with Crippen LogP contribution in [0.4, 0.5) is 4.39 Å². The number of hydrogen-bond donors (Lipinski definition) is 0. The second-order valence-electron chi connectivity index (χ2n) is 10.4. The number of piperidine rings is 1. The number of fused-ring (bicyclic) bond motifs is 1. The van der Waals surface area contributed by atoms with E-state index in [1.54, 1.807) is 0 Å². The normalized spacial score (nSPS) is 17.9. The second-order valence-corrected chi connectivity index (χ2v) is 10.4. The predicted molar refractivity (Wildman–Crippen MR) is 147 cm³/mol. The van der Waals surface area contributed by atoms with Gasteiger partial charge in [0.2, 0.25) is 0 Å². The highest BCUT2D eigenvalue weighted by atomic mass is 19.1. The Labute approximate surface area is 232 Å². The second kappa shape index (κ2) is 12.1. The summed E-state index contributed by atoms with van der Waals surface area (Å²) in [7, 11) is 0. The number of rotatable bonds is 10. The molecular formula is C31H32FN5O3. The first kappa shape index (κ1) is 26.4. The maximum absolute atomic E-state index is 14.1. The summed E-state index contributed by atoms with van der Waals surface area (Å²) in [6.45, 7) is 4.98. The number of likely N-dealkylation sites (tertiary alicyclic amines) is 1. The molecule has 206 valence electrons. The van der Waals surface area contributed by atoms with Gasteiger partial charge in [0.05, 0.1) is 66.0 Å². The highest BCUT2D eigenvalue weighted by Gasteiger charge is 2.25. The van der Waals surface area contributed by atoms with Gasteiger partial charge in [-0.2, -0.15) is 5.26 Å². The molecule has 0 amide bonds. The van der Waals surface area contributed by atoms with Crippen molar-refractivity contribution in [3.05, 3.63) is 89.3 Å². The Balaban J connectivity index is 0.993.